The zero-order valence-corrected chi connectivity index (χ0v) is 13.8. The van der Waals surface area contributed by atoms with E-state index in [4.69, 9.17) is 0 Å². The van der Waals surface area contributed by atoms with Crippen LogP contribution < -0.4 is 5.32 Å². The molecule has 1 aromatic carbocycles. The van der Waals surface area contributed by atoms with Crippen LogP contribution in [-0.2, 0) is 24.9 Å². The molecule has 20 heavy (non-hydrogen) atoms. The van der Waals surface area contributed by atoms with Crippen molar-refractivity contribution in [3.63, 3.8) is 0 Å². The molecule has 0 radical (unpaired) electrons. The molecule has 1 heterocycles. The summed E-state index contributed by atoms with van der Waals surface area (Å²) >= 11 is 1.85. The topological polar surface area (TPSA) is 12.0 Å². The number of hydrogen-bond donors (Lipinski definition) is 1. The van der Waals surface area contributed by atoms with Gasteiger partial charge < -0.3 is 5.32 Å². The summed E-state index contributed by atoms with van der Waals surface area (Å²) in [4.78, 5) is 1.47. The van der Waals surface area contributed by atoms with E-state index in [1.54, 1.807) is 0 Å². The number of thiophene rings is 1. The van der Waals surface area contributed by atoms with Gasteiger partial charge in [0.2, 0.25) is 0 Å². The highest BCUT2D eigenvalue weighted by Crippen LogP contribution is 2.22. The molecule has 1 N–H and O–H groups in total. The largest absolute Gasteiger partial charge is 0.308 e. The molecule has 0 atom stereocenters. The summed E-state index contributed by atoms with van der Waals surface area (Å²) in [6.45, 7) is 10.9. The normalized spacial score (nSPS) is 11.8. The molecule has 0 bridgehead atoms. The fourth-order valence-corrected chi connectivity index (χ4v) is 3.23. The molecule has 1 aromatic heterocycles. The molecular formula is C18H25NS. The van der Waals surface area contributed by atoms with E-state index in [1.165, 1.54) is 21.6 Å². The lowest BCUT2D eigenvalue weighted by molar-refractivity contribution is 0.589. The van der Waals surface area contributed by atoms with Gasteiger partial charge in [0.1, 0.15) is 0 Å². The van der Waals surface area contributed by atoms with Crippen molar-refractivity contribution in [1.29, 1.82) is 0 Å². The minimum Gasteiger partial charge on any atom is -0.308 e. The van der Waals surface area contributed by atoms with Crippen LogP contribution in [0, 0.1) is 0 Å². The molecule has 108 valence electrons. The number of aryl methyl sites for hydroxylation is 1. The van der Waals surface area contributed by atoms with Gasteiger partial charge in [0.25, 0.3) is 0 Å². The molecule has 1 nitrogen and oxygen atoms in total. The van der Waals surface area contributed by atoms with Gasteiger partial charge in [-0.1, -0.05) is 52.0 Å². The molecule has 0 aliphatic rings. The van der Waals surface area contributed by atoms with Crippen LogP contribution in [-0.4, -0.2) is 0 Å². The third-order valence-electron chi connectivity index (χ3n) is 3.65. The smallest absolute Gasteiger partial charge is 0.0305 e. The third kappa shape index (κ3) is 3.94. The van der Waals surface area contributed by atoms with Gasteiger partial charge in [-0.05, 0) is 40.0 Å². The second-order valence-electron chi connectivity index (χ2n) is 6.27. The zero-order valence-electron chi connectivity index (χ0n) is 13.0. The van der Waals surface area contributed by atoms with Gasteiger partial charge in [-0.2, -0.15) is 0 Å². The lowest BCUT2D eigenvalue weighted by atomic mass is 9.87. The highest BCUT2D eigenvalue weighted by atomic mass is 32.1. The van der Waals surface area contributed by atoms with Crippen molar-refractivity contribution < 1.29 is 0 Å². The minimum atomic E-state index is 0.235. The maximum atomic E-state index is 3.55. The summed E-state index contributed by atoms with van der Waals surface area (Å²) in [6.07, 6.45) is 1.13. The van der Waals surface area contributed by atoms with Gasteiger partial charge in [0.05, 0.1) is 0 Å². The first-order valence-electron chi connectivity index (χ1n) is 7.36. The molecule has 0 saturated heterocycles. The lowest BCUT2D eigenvalue weighted by Crippen LogP contribution is -2.14. The summed E-state index contributed by atoms with van der Waals surface area (Å²) in [6, 6.07) is 11.2. The Morgan fingerprint density at radius 3 is 2.30 bits per heavy atom. The Kier molecular flexibility index (Phi) is 5.00. The molecule has 0 spiro atoms. The van der Waals surface area contributed by atoms with Crippen LogP contribution in [0.3, 0.4) is 0 Å². The number of rotatable bonds is 5. The Morgan fingerprint density at radius 2 is 1.70 bits per heavy atom. The van der Waals surface area contributed by atoms with Crippen molar-refractivity contribution in [3.8, 4) is 0 Å². The first-order chi connectivity index (χ1) is 9.50. The average Bonchev–Trinajstić information content (AvgIpc) is 2.86. The van der Waals surface area contributed by atoms with Crippen LogP contribution in [0.15, 0.2) is 35.7 Å². The van der Waals surface area contributed by atoms with E-state index in [9.17, 15) is 0 Å². The van der Waals surface area contributed by atoms with Crippen LogP contribution in [0.25, 0.3) is 0 Å². The SMILES string of the molecule is CCc1ccsc1CNCc1ccc(C(C)(C)C)cc1. The van der Waals surface area contributed by atoms with Crippen molar-refractivity contribution in [2.45, 2.75) is 52.6 Å². The monoisotopic (exact) mass is 287 g/mol. The molecule has 0 fully saturated rings. The molecule has 2 aromatic rings. The molecule has 2 heteroatoms. The zero-order chi connectivity index (χ0) is 14.6. The molecule has 0 unspecified atom stereocenters. The standard InChI is InChI=1S/C18H25NS/c1-5-15-10-11-20-17(15)13-19-12-14-6-8-16(9-7-14)18(2,3)4/h6-11,19H,5,12-13H2,1-4H3. The maximum Gasteiger partial charge on any atom is 0.0305 e. The van der Waals surface area contributed by atoms with Crippen LogP contribution in [0.4, 0.5) is 0 Å². The van der Waals surface area contributed by atoms with E-state index in [1.807, 2.05) is 11.3 Å². The summed E-state index contributed by atoms with van der Waals surface area (Å²) in [7, 11) is 0. The third-order valence-corrected chi connectivity index (χ3v) is 4.62. The van der Waals surface area contributed by atoms with Crippen molar-refractivity contribution in [2.24, 2.45) is 0 Å². The van der Waals surface area contributed by atoms with E-state index in [0.29, 0.717) is 0 Å². The van der Waals surface area contributed by atoms with Crippen LogP contribution in [0.1, 0.15) is 49.3 Å². The van der Waals surface area contributed by atoms with Crippen molar-refractivity contribution in [3.05, 3.63) is 57.3 Å². The van der Waals surface area contributed by atoms with Gasteiger partial charge in [-0.15, -0.1) is 11.3 Å². The fraction of sp³-hybridized carbons (Fsp3) is 0.444. The average molecular weight is 287 g/mol. The van der Waals surface area contributed by atoms with Gasteiger partial charge in [0, 0.05) is 18.0 Å². The second kappa shape index (κ2) is 6.55. The van der Waals surface area contributed by atoms with Gasteiger partial charge >= 0.3 is 0 Å². The second-order valence-corrected chi connectivity index (χ2v) is 7.27. The summed E-state index contributed by atoms with van der Waals surface area (Å²) in [5.41, 5.74) is 4.46. The molecule has 0 amide bonds. The number of nitrogens with one attached hydrogen (secondary N) is 1. The highest BCUT2D eigenvalue weighted by Gasteiger charge is 2.12. The van der Waals surface area contributed by atoms with Crippen LogP contribution in [0.5, 0.6) is 0 Å². The quantitative estimate of drug-likeness (QED) is 0.825. The molecule has 0 aliphatic carbocycles. The van der Waals surface area contributed by atoms with Crippen molar-refractivity contribution in [2.75, 3.05) is 0 Å². The van der Waals surface area contributed by atoms with E-state index in [-0.39, 0.29) is 5.41 Å². The van der Waals surface area contributed by atoms with E-state index in [0.717, 1.165) is 19.5 Å². The Hall–Kier alpha value is -1.12. The van der Waals surface area contributed by atoms with E-state index < -0.39 is 0 Å². The Balaban J connectivity index is 1.88. The fourth-order valence-electron chi connectivity index (χ4n) is 2.28. The molecule has 0 aliphatic heterocycles. The highest BCUT2D eigenvalue weighted by molar-refractivity contribution is 7.10. The number of hydrogen-bond acceptors (Lipinski definition) is 2. The summed E-state index contributed by atoms with van der Waals surface area (Å²) in [5.74, 6) is 0. The number of benzene rings is 1. The molecule has 2 rings (SSSR count). The van der Waals surface area contributed by atoms with Gasteiger partial charge in [0.15, 0.2) is 0 Å². The Labute approximate surface area is 127 Å². The van der Waals surface area contributed by atoms with Crippen LogP contribution >= 0.6 is 11.3 Å². The van der Waals surface area contributed by atoms with Crippen molar-refractivity contribution >= 4 is 11.3 Å². The van der Waals surface area contributed by atoms with Crippen molar-refractivity contribution in [1.82, 2.24) is 5.32 Å². The first-order valence-corrected chi connectivity index (χ1v) is 8.24. The molecular weight excluding hydrogens is 262 g/mol. The summed E-state index contributed by atoms with van der Waals surface area (Å²) in [5, 5.41) is 5.74. The maximum absolute atomic E-state index is 3.55. The summed E-state index contributed by atoms with van der Waals surface area (Å²) < 4.78 is 0. The first kappa shape index (κ1) is 15.3. The van der Waals surface area contributed by atoms with E-state index >= 15 is 0 Å². The minimum absolute atomic E-state index is 0.235. The van der Waals surface area contributed by atoms with E-state index in [2.05, 4.69) is 68.7 Å². The predicted molar refractivity (Wildman–Crippen MR) is 89.4 cm³/mol. The van der Waals surface area contributed by atoms with Crippen LogP contribution in [0.2, 0.25) is 0 Å². The Bertz CT molecular complexity index is 531. The molecule has 0 saturated carbocycles. The van der Waals surface area contributed by atoms with Gasteiger partial charge in [-0.25, -0.2) is 0 Å². The van der Waals surface area contributed by atoms with Gasteiger partial charge in [-0.3, -0.25) is 0 Å². The lowest BCUT2D eigenvalue weighted by Gasteiger charge is -2.19. The predicted octanol–water partition coefficient (Wildman–Crippen LogP) is 4.90. The Morgan fingerprint density at radius 1 is 1.00 bits per heavy atom.